The summed E-state index contributed by atoms with van der Waals surface area (Å²) in [6, 6.07) is 15.8. The van der Waals surface area contributed by atoms with Crippen molar-refractivity contribution in [1.82, 2.24) is 20.9 Å². The van der Waals surface area contributed by atoms with Crippen molar-refractivity contribution in [3.05, 3.63) is 71.8 Å². The van der Waals surface area contributed by atoms with Crippen molar-refractivity contribution in [3.63, 3.8) is 0 Å². The first-order valence-electron chi connectivity index (χ1n) is 14.4. The van der Waals surface area contributed by atoms with Crippen LogP contribution in [0, 0.1) is 5.92 Å². The summed E-state index contributed by atoms with van der Waals surface area (Å²) >= 11 is 0. The van der Waals surface area contributed by atoms with E-state index in [9.17, 15) is 24.3 Å². The van der Waals surface area contributed by atoms with E-state index in [0.29, 0.717) is 13.1 Å². The molecule has 0 radical (unpaired) electrons. The predicted octanol–water partition coefficient (Wildman–Crippen LogP) is 2.71. The molecule has 0 fully saturated rings. The Hall–Kier alpha value is -4.12. The molecule has 42 heavy (non-hydrogen) atoms. The molecule has 0 heterocycles. The van der Waals surface area contributed by atoms with E-state index < -0.39 is 42.5 Å². The Morgan fingerprint density at radius 2 is 1.55 bits per heavy atom. The zero-order valence-electron chi connectivity index (χ0n) is 24.8. The molecule has 0 aliphatic carbocycles. The molecule has 0 aromatic heterocycles. The first-order chi connectivity index (χ1) is 20.1. The number of ether oxygens (including phenoxy) is 1. The molecule has 2 rings (SSSR count). The number of hydrogen-bond donors (Lipinski definition) is 5. The number of hydrogen-bond acceptors (Lipinski definition) is 6. The topological polar surface area (TPSA) is 163 Å². The molecule has 230 valence electrons. The van der Waals surface area contributed by atoms with Crippen molar-refractivity contribution < 1.29 is 29.0 Å². The van der Waals surface area contributed by atoms with Crippen LogP contribution in [-0.2, 0) is 27.4 Å². The van der Waals surface area contributed by atoms with Crippen molar-refractivity contribution >= 4 is 23.9 Å². The van der Waals surface area contributed by atoms with Crippen LogP contribution in [0.1, 0.15) is 51.2 Å². The van der Waals surface area contributed by atoms with Crippen molar-refractivity contribution in [2.75, 3.05) is 19.6 Å². The van der Waals surface area contributed by atoms with Gasteiger partial charge in [-0.25, -0.2) is 9.59 Å². The fourth-order valence-electron chi connectivity index (χ4n) is 4.27. The van der Waals surface area contributed by atoms with Gasteiger partial charge in [0.15, 0.2) is 0 Å². The number of aliphatic hydroxyl groups excluding tert-OH is 1. The third-order valence-electron chi connectivity index (χ3n) is 6.40. The van der Waals surface area contributed by atoms with Gasteiger partial charge in [0.25, 0.3) is 0 Å². The average Bonchev–Trinajstić information content (AvgIpc) is 2.95. The van der Waals surface area contributed by atoms with E-state index in [0.717, 1.165) is 24.0 Å². The number of aliphatic hydroxyl groups is 1. The van der Waals surface area contributed by atoms with Gasteiger partial charge in [-0.1, -0.05) is 87.9 Å². The number of nitrogens with one attached hydrogen (secondary N) is 3. The Labute approximate surface area is 248 Å². The number of urea groups is 1. The maximum absolute atomic E-state index is 13.4. The number of amides is 5. The lowest BCUT2D eigenvalue weighted by Crippen LogP contribution is -2.57. The van der Waals surface area contributed by atoms with Crippen molar-refractivity contribution in [1.29, 1.82) is 0 Å². The third kappa shape index (κ3) is 13.0. The van der Waals surface area contributed by atoms with Gasteiger partial charge >= 0.3 is 12.1 Å². The molecule has 0 bridgehead atoms. The van der Waals surface area contributed by atoms with Crippen LogP contribution >= 0.6 is 0 Å². The minimum absolute atomic E-state index is 0.0288. The maximum Gasteiger partial charge on any atom is 0.408 e. The Kier molecular flexibility index (Phi) is 14.9. The lowest BCUT2D eigenvalue weighted by atomic mass is 9.99. The highest BCUT2D eigenvalue weighted by molar-refractivity contribution is 5.90. The molecule has 0 spiro atoms. The Morgan fingerprint density at radius 1 is 0.929 bits per heavy atom. The smallest absolute Gasteiger partial charge is 0.408 e. The summed E-state index contributed by atoms with van der Waals surface area (Å²) in [6.07, 6.45) is -0.532. The van der Waals surface area contributed by atoms with Gasteiger partial charge in [-0.3, -0.25) is 9.59 Å². The second-order valence-corrected chi connectivity index (χ2v) is 10.7. The zero-order chi connectivity index (χ0) is 30.9. The summed E-state index contributed by atoms with van der Waals surface area (Å²) in [5.41, 5.74) is 6.96. The number of rotatable bonds is 17. The number of carbonyl (C=O) groups is 4. The first kappa shape index (κ1) is 34.1. The molecule has 0 unspecified atom stereocenters. The molecule has 0 saturated heterocycles. The van der Waals surface area contributed by atoms with E-state index in [1.54, 1.807) is 24.3 Å². The van der Waals surface area contributed by atoms with Gasteiger partial charge < -0.3 is 36.4 Å². The van der Waals surface area contributed by atoms with Crippen LogP contribution in [0.2, 0.25) is 0 Å². The molecule has 2 aromatic rings. The Balaban J connectivity index is 2.18. The number of nitrogens with two attached hydrogens (primary N) is 1. The van der Waals surface area contributed by atoms with Crippen molar-refractivity contribution in [3.8, 4) is 0 Å². The second-order valence-electron chi connectivity index (χ2n) is 10.7. The van der Waals surface area contributed by atoms with Crippen LogP contribution in [0.15, 0.2) is 60.7 Å². The third-order valence-corrected chi connectivity index (χ3v) is 6.40. The lowest BCUT2D eigenvalue weighted by molar-refractivity contribution is -0.128. The van der Waals surface area contributed by atoms with Crippen LogP contribution in [-0.4, -0.2) is 71.8 Å². The molecule has 0 aliphatic heterocycles. The number of primary amides is 1. The number of alkyl carbamates (subject to hydrolysis) is 1. The van der Waals surface area contributed by atoms with Gasteiger partial charge in [0, 0.05) is 13.1 Å². The Bertz CT molecular complexity index is 1120. The fourth-order valence-corrected chi connectivity index (χ4v) is 4.27. The normalized spacial score (nSPS) is 13.0. The maximum atomic E-state index is 13.4. The SMILES string of the molecule is CCCCNC(=O)N(CC(C)C)C[C@H](O)[C@H](Cc1ccccc1)NC(=O)[C@H](CC(N)=O)NC(=O)OCc1ccccc1. The van der Waals surface area contributed by atoms with E-state index in [1.807, 2.05) is 57.2 Å². The van der Waals surface area contributed by atoms with Crippen molar-refractivity contribution in [2.24, 2.45) is 11.7 Å². The summed E-state index contributed by atoms with van der Waals surface area (Å²) in [5, 5.41) is 19.4. The van der Waals surface area contributed by atoms with Gasteiger partial charge in [0.2, 0.25) is 11.8 Å². The van der Waals surface area contributed by atoms with E-state index in [2.05, 4.69) is 16.0 Å². The average molecular weight is 584 g/mol. The highest BCUT2D eigenvalue weighted by Crippen LogP contribution is 2.11. The minimum Gasteiger partial charge on any atom is -0.445 e. The van der Waals surface area contributed by atoms with E-state index in [1.165, 1.54) is 4.90 Å². The van der Waals surface area contributed by atoms with E-state index >= 15 is 0 Å². The van der Waals surface area contributed by atoms with E-state index in [4.69, 9.17) is 10.5 Å². The summed E-state index contributed by atoms with van der Waals surface area (Å²) in [4.78, 5) is 52.1. The molecule has 5 amide bonds. The van der Waals surface area contributed by atoms with Gasteiger partial charge in [-0.05, 0) is 29.9 Å². The molecular weight excluding hydrogens is 538 g/mol. The monoisotopic (exact) mass is 583 g/mol. The minimum atomic E-state index is -1.33. The summed E-state index contributed by atoms with van der Waals surface area (Å²) in [5.74, 6) is -1.37. The lowest BCUT2D eigenvalue weighted by Gasteiger charge is -2.32. The van der Waals surface area contributed by atoms with Gasteiger partial charge in [0.1, 0.15) is 12.6 Å². The zero-order valence-corrected chi connectivity index (χ0v) is 24.8. The molecule has 0 aliphatic rings. The predicted molar refractivity (Wildman–Crippen MR) is 160 cm³/mol. The fraction of sp³-hybridized carbons (Fsp3) is 0.484. The van der Waals surface area contributed by atoms with Crippen LogP contribution < -0.4 is 21.7 Å². The summed E-state index contributed by atoms with van der Waals surface area (Å²) < 4.78 is 5.21. The largest absolute Gasteiger partial charge is 0.445 e. The summed E-state index contributed by atoms with van der Waals surface area (Å²) in [7, 11) is 0. The van der Waals surface area contributed by atoms with Gasteiger partial charge in [-0.15, -0.1) is 0 Å². The highest BCUT2D eigenvalue weighted by atomic mass is 16.5. The molecule has 11 heteroatoms. The molecule has 3 atom stereocenters. The quantitative estimate of drug-likeness (QED) is 0.180. The van der Waals surface area contributed by atoms with Crippen LogP contribution in [0.3, 0.4) is 0 Å². The first-order valence-corrected chi connectivity index (χ1v) is 14.4. The molecular formula is C31H45N5O6. The number of carbonyl (C=O) groups excluding carboxylic acids is 4. The van der Waals surface area contributed by atoms with Crippen molar-refractivity contribution in [2.45, 2.75) is 71.2 Å². The number of unbranched alkanes of at least 4 members (excludes halogenated alkanes) is 1. The molecule has 0 saturated carbocycles. The standard InChI is InChI=1S/C31H45N5O6/c1-4-5-16-33-30(40)36(19-22(2)3)20-27(37)25(17-23-12-8-6-9-13-23)34-29(39)26(18-28(32)38)35-31(41)42-21-24-14-10-7-11-15-24/h6-15,22,25-27,37H,4-5,16-21H2,1-3H3,(H2,32,38)(H,33,40)(H,34,39)(H,35,41)/t25-,26-,27-/m0/s1. The molecule has 2 aromatic carbocycles. The Morgan fingerprint density at radius 3 is 2.12 bits per heavy atom. The second kappa shape index (κ2) is 18.3. The highest BCUT2D eigenvalue weighted by Gasteiger charge is 2.30. The number of benzene rings is 2. The van der Waals surface area contributed by atoms with E-state index in [-0.39, 0.29) is 31.5 Å². The van der Waals surface area contributed by atoms with Crippen LogP contribution in [0.5, 0.6) is 0 Å². The molecule has 11 nitrogen and oxygen atoms in total. The summed E-state index contributed by atoms with van der Waals surface area (Å²) in [6.45, 7) is 6.82. The number of nitrogens with zero attached hydrogens (tertiary/aromatic N) is 1. The van der Waals surface area contributed by atoms with Crippen LogP contribution in [0.4, 0.5) is 9.59 Å². The molecule has 6 N–H and O–H groups in total. The van der Waals surface area contributed by atoms with Crippen LogP contribution in [0.25, 0.3) is 0 Å². The van der Waals surface area contributed by atoms with Gasteiger partial charge in [-0.2, -0.15) is 0 Å². The van der Waals surface area contributed by atoms with Gasteiger partial charge in [0.05, 0.1) is 25.1 Å².